The van der Waals surface area contributed by atoms with Crippen molar-refractivity contribution in [1.82, 2.24) is 4.90 Å². The number of ether oxygens (including phenoxy) is 1. The Morgan fingerprint density at radius 1 is 0.964 bits per heavy atom. The Morgan fingerprint density at radius 2 is 1.54 bits per heavy atom. The fraction of sp³-hybridized carbons (Fsp3) is 0.261. The van der Waals surface area contributed by atoms with Crippen LogP contribution in [0.2, 0.25) is 0 Å². The van der Waals surface area contributed by atoms with Crippen LogP contribution in [0.15, 0.2) is 54.6 Å². The number of amides is 2. The lowest BCUT2D eigenvalue weighted by Crippen LogP contribution is -2.30. The third kappa shape index (κ3) is 4.36. The first-order valence-electron chi connectivity index (χ1n) is 9.21. The van der Waals surface area contributed by atoms with Gasteiger partial charge in [-0.3, -0.25) is 14.5 Å². The molecule has 5 heteroatoms. The van der Waals surface area contributed by atoms with Crippen LogP contribution in [0.25, 0.3) is 6.08 Å². The minimum absolute atomic E-state index is 0.240. The van der Waals surface area contributed by atoms with E-state index in [1.165, 1.54) is 4.90 Å². The lowest BCUT2D eigenvalue weighted by Gasteiger charge is -2.19. The van der Waals surface area contributed by atoms with Gasteiger partial charge in [0, 0.05) is 6.54 Å². The van der Waals surface area contributed by atoms with E-state index >= 15 is 0 Å². The van der Waals surface area contributed by atoms with E-state index in [1.807, 2.05) is 45.1 Å². The zero-order valence-electron chi connectivity index (χ0n) is 16.3. The summed E-state index contributed by atoms with van der Waals surface area (Å²) in [5.74, 6) is -0.833. The first-order chi connectivity index (χ1) is 13.3. The maximum atomic E-state index is 12.3. The summed E-state index contributed by atoms with van der Waals surface area (Å²) in [5, 5.41) is 0. The van der Waals surface area contributed by atoms with E-state index in [0.717, 1.165) is 5.56 Å². The van der Waals surface area contributed by atoms with Gasteiger partial charge in [0.05, 0.1) is 16.7 Å². The lowest BCUT2D eigenvalue weighted by atomic mass is 10.1. The largest absolute Gasteiger partial charge is 0.456 e. The molecule has 2 amide bonds. The molecule has 0 radical (unpaired) electrons. The number of carbonyl (C=O) groups excluding carboxylic acids is 3. The molecule has 0 unspecified atom stereocenters. The van der Waals surface area contributed by atoms with Crippen LogP contribution in [0.3, 0.4) is 0 Å². The molecule has 0 aromatic heterocycles. The van der Waals surface area contributed by atoms with Crippen molar-refractivity contribution < 1.29 is 19.1 Å². The van der Waals surface area contributed by atoms with Gasteiger partial charge < -0.3 is 4.74 Å². The number of hydrogen-bond acceptors (Lipinski definition) is 4. The van der Waals surface area contributed by atoms with Crippen molar-refractivity contribution in [3.63, 3.8) is 0 Å². The highest BCUT2D eigenvalue weighted by molar-refractivity contribution is 6.21. The molecule has 0 N–H and O–H groups in total. The third-order valence-electron chi connectivity index (χ3n) is 4.25. The van der Waals surface area contributed by atoms with Gasteiger partial charge >= 0.3 is 5.97 Å². The van der Waals surface area contributed by atoms with Crippen molar-refractivity contribution in [2.75, 3.05) is 6.54 Å². The average Bonchev–Trinajstić information content (AvgIpc) is 2.89. The van der Waals surface area contributed by atoms with Crippen LogP contribution >= 0.6 is 0 Å². The van der Waals surface area contributed by atoms with Gasteiger partial charge in [-0.25, -0.2) is 4.79 Å². The Balaban J connectivity index is 1.55. The van der Waals surface area contributed by atoms with Gasteiger partial charge in [-0.2, -0.15) is 0 Å². The molecule has 0 saturated heterocycles. The maximum absolute atomic E-state index is 12.3. The summed E-state index contributed by atoms with van der Waals surface area (Å²) in [5.41, 5.74) is 1.83. The molecule has 0 spiro atoms. The van der Waals surface area contributed by atoms with Crippen molar-refractivity contribution >= 4 is 23.9 Å². The molecule has 1 heterocycles. The van der Waals surface area contributed by atoms with Gasteiger partial charge in [0.1, 0.15) is 5.60 Å². The first kappa shape index (κ1) is 19.5. The Hall–Kier alpha value is -3.21. The van der Waals surface area contributed by atoms with Crippen LogP contribution in [0.5, 0.6) is 0 Å². The summed E-state index contributed by atoms with van der Waals surface area (Å²) in [7, 11) is 0. The van der Waals surface area contributed by atoms with Crippen LogP contribution in [0.4, 0.5) is 0 Å². The predicted molar refractivity (Wildman–Crippen MR) is 107 cm³/mol. The molecule has 2 aromatic carbocycles. The third-order valence-corrected chi connectivity index (χ3v) is 4.25. The van der Waals surface area contributed by atoms with E-state index < -0.39 is 5.60 Å². The van der Waals surface area contributed by atoms with Gasteiger partial charge in [-0.05, 0) is 57.0 Å². The van der Waals surface area contributed by atoms with E-state index in [4.69, 9.17) is 4.74 Å². The Morgan fingerprint density at radius 3 is 2.07 bits per heavy atom. The summed E-state index contributed by atoms with van der Waals surface area (Å²) in [6.45, 7) is 5.82. The smallest absolute Gasteiger partial charge is 0.338 e. The zero-order chi connectivity index (χ0) is 20.3. The highest BCUT2D eigenvalue weighted by Crippen LogP contribution is 2.22. The standard InChI is InChI=1S/C23H23NO4/c1-23(2,3)28-22(27)17-13-11-16(12-14-17)8-6-7-15-24-20(25)18-9-4-5-10-19(18)21(24)26/h4-6,8-14H,7,15H2,1-3H3/b8-6+. The Bertz CT molecular complexity index is 901. The van der Waals surface area contributed by atoms with E-state index in [2.05, 4.69) is 0 Å². The molecule has 0 atom stereocenters. The van der Waals surface area contributed by atoms with Crippen LogP contribution in [0, 0.1) is 0 Å². The minimum atomic E-state index is -0.528. The molecule has 0 aliphatic carbocycles. The summed E-state index contributed by atoms with van der Waals surface area (Å²) in [6.07, 6.45) is 4.36. The fourth-order valence-electron chi connectivity index (χ4n) is 2.93. The maximum Gasteiger partial charge on any atom is 0.338 e. The summed E-state index contributed by atoms with van der Waals surface area (Å²) < 4.78 is 5.34. The van der Waals surface area contributed by atoms with Crippen molar-refractivity contribution in [2.24, 2.45) is 0 Å². The number of carbonyl (C=O) groups is 3. The molecular formula is C23H23NO4. The summed E-state index contributed by atoms with van der Waals surface area (Å²) >= 11 is 0. The van der Waals surface area contributed by atoms with E-state index in [9.17, 15) is 14.4 Å². The van der Waals surface area contributed by atoms with Gasteiger partial charge in [0.15, 0.2) is 0 Å². The quantitative estimate of drug-likeness (QED) is 0.574. The number of rotatable bonds is 5. The number of fused-ring (bicyclic) bond motifs is 1. The van der Waals surface area contributed by atoms with Gasteiger partial charge in [-0.1, -0.05) is 36.4 Å². The van der Waals surface area contributed by atoms with Crippen LogP contribution in [-0.2, 0) is 4.74 Å². The second-order valence-corrected chi connectivity index (χ2v) is 7.62. The molecule has 5 nitrogen and oxygen atoms in total. The van der Waals surface area contributed by atoms with Crippen molar-refractivity contribution in [3.8, 4) is 0 Å². The molecular weight excluding hydrogens is 354 g/mol. The molecule has 28 heavy (non-hydrogen) atoms. The van der Waals surface area contributed by atoms with Crippen LogP contribution < -0.4 is 0 Å². The van der Waals surface area contributed by atoms with Gasteiger partial charge in [0.2, 0.25) is 0 Å². The van der Waals surface area contributed by atoms with E-state index in [-0.39, 0.29) is 17.8 Å². The number of hydrogen-bond donors (Lipinski definition) is 0. The highest BCUT2D eigenvalue weighted by Gasteiger charge is 2.34. The molecule has 3 rings (SSSR count). The molecule has 144 valence electrons. The van der Waals surface area contributed by atoms with Gasteiger partial charge in [0.25, 0.3) is 11.8 Å². The van der Waals surface area contributed by atoms with Crippen LogP contribution in [-0.4, -0.2) is 34.8 Å². The monoisotopic (exact) mass is 377 g/mol. The molecule has 0 bridgehead atoms. The second kappa shape index (κ2) is 7.80. The lowest BCUT2D eigenvalue weighted by molar-refractivity contribution is 0.00692. The molecule has 2 aromatic rings. The highest BCUT2D eigenvalue weighted by atomic mass is 16.6. The van der Waals surface area contributed by atoms with Crippen molar-refractivity contribution in [1.29, 1.82) is 0 Å². The number of benzene rings is 2. The number of imide groups is 1. The molecule has 0 saturated carbocycles. The fourth-order valence-corrected chi connectivity index (χ4v) is 2.93. The first-order valence-corrected chi connectivity index (χ1v) is 9.21. The molecule has 0 fully saturated rings. The van der Waals surface area contributed by atoms with Gasteiger partial charge in [-0.15, -0.1) is 0 Å². The normalized spacial score (nSPS) is 13.9. The average molecular weight is 377 g/mol. The van der Waals surface area contributed by atoms with Crippen molar-refractivity contribution in [2.45, 2.75) is 32.8 Å². The molecule has 1 aliphatic rings. The number of esters is 1. The number of nitrogens with zero attached hydrogens (tertiary/aromatic N) is 1. The second-order valence-electron chi connectivity index (χ2n) is 7.62. The van der Waals surface area contributed by atoms with E-state index in [0.29, 0.717) is 29.7 Å². The summed E-state index contributed by atoms with van der Waals surface area (Å²) in [6, 6.07) is 14.0. The summed E-state index contributed by atoms with van der Waals surface area (Å²) in [4.78, 5) is 37.9. The predicted octanol–water partition coefficient (Wildman–Crippen LogP) is 4.34. The van der Waals surface area contributed by atoms with Crippen LogP contribution in [0.1, 0.15) is 63.8 Å². The zero-order valence-corrected chi connectivity index (χ0v) is 16.3. The topological polar surface area (TPSA) is 63.7 Å². The Kier molecular flexibility index (Phi) is 5.45. The molecule has 1 aliphatic heterocycles. The van der Waals surface area contributed by atoms with Crippen molar-refractivity contribution in [3.05, 3.63) is 76.9 Å². The SMILES string of the molecule is CC(C)(C)OC(=O)c1ccc(/C=C/CCN2C(=O)c3ccccc3C2=O)cc1. The van der Waals surface area contributed by atoms with E-state index in [1.54, 1.807) is 36.4 Å². The minimum Gasteiger partial charge on any atom is -0.456 e. The Labute approximate surface area is 164 Å².